The van der Waals surface area contributed by atoms with Gasteiger partial charge in [0.25, 0.3) is 6.43 Å². The first-order valence-electron chi connectivity index (χ1n) is 3.67. The van der Waals surface area contributed by atoms with Gasteiger partial charge in [-0.2, -0.15) is 0 Å². The van der Waals surface area contributed by atoms with Crippen LogP contribution in [0.3, 0.4) is 0 Å². The Morgan fingerprint density at radius 1 is 1.55 bits per heavy atom. The molecule has 0 aliphatic heterocycles. The Morgan fingerprint density at radius 2 is 2.09 bits per heavy atom. The molecule has 64 valence electrons. The number of halogens is 2. The van der Waals surface area contributed by atoms with E-state index in [0.29, 0.717) is 0 Å². The van der Waals surface area contributed by atoms with Gasteiger partial charge in [0.05, 0.1) is 6.04 Å². The molecular weight excluding hydrogens is 152 g/mol. The van der Waals surface area contributed by atoms with Crippen molar-refractivity contribution in [1.29, 1.82) is 0 Å². The summed E-state index contributed by atoms with van der Waals surface area (Å²) in [6, 6.07) is -1.26. The molecule has 2 nitrogen and oxygen atoms in total. The maximum atomic E-state index is 11.8. The SMILES string of the molecule is NC(CC(=O)C1CC1)C(F)F. The Balaban J connectivity index is 2.23. The predicted molar refractivity (Wildman–Crippen MR) is 36.3 cm³/mol. The summed E-state index contributed by atoms with van der Waals surface area (Å²) in [6.07, 6.45) is -1.02. The van der Waals surface area contributed by atoms with Gasteiger partial charge in [-0.25, -0.2) is 8.78 Å². The first kappa shape index (κ1) is 8.59. The highest BCUT2D eigenvalue weighted by Gasteiger charge is 2.31. The second kappa shape index (κ2) is 3.26. The van der Waals surface area contributed by atoms with Gasteiger partial charge in [-0.05, 0) is 12.8 Å². The third kappa shape index (κ3) is 2.54. The van der Waals surface area contributed by atoms with Crippen LogP contribution in [-0.4, -0.2) is 18.3 Å². The number of alkyl halides is 2. The highest BCUT2D eigenvalue weighted by atomic mass is 19.3. The van der Waals surface area contributed by atoms with Crippen LogP contribution in [0.15, 0.2) is 0 Å². The number of carbonyl (C=O) groups is 1. The second-order valence-electron chi connectivity index (χ2n) is 2.94. The summed E-state index contributed by atoms with van der Waals surface area (Å²) < 4.78 is 23.6. The van der Waals surface area contributed by atoms with Crippen LogP contribution < -0.4 is 5.73 Å². The van der Waals surface area contributed by atoms with Crippen molar-refractivity contribution in [1.82, 2.24) is 0 Å². The third-order valence-corrected chi connectivity index (χ3v) is 1.79. The summed E-state index contributed by atoms with van der Waals surface area (Å²) in [7, 11) is 0. The average molecular weight is 163 g/mol. The van der Waals surface area contributed by atoms with Crippen molar-refractivity contribution in [3.05, 3.63) is 0 Å². The first-order valence-corrected chi connectivity index (χ1v) is 3.67. The van der Waals surface area contributed by atoms with Gasteiger partial charge in [0.1, 0.15) is 5.78 Å². The minimum Gasteiger partial charge on any atom is -0.323 e. The van der Waals surface area contributed by atoms with E-state index in [0.717, 1.165) is 12.8 Å². The summed E-state index contributed by atoms with van der Waals surface area (Å²) in [5, 5.41) is 0. The van der Waals surface area contributed by atoms with E-state index in [1.807, 2.05) is 0 Å². The average Bonchev–Trinajstić information content (AvgIpc) is 2.67. The number of nitrogens with two attached hydrogens (primary N) is 1. The fraction of sp³-hybridized carbons (Fsp3) is 0.857. The van der Waals surface area contributed by atoms with Crippen molar-refractivity contribution in [2.75, 3.05) is 0 Å². The Hall–Kier alpha value is -0.510. The van der Waals surface area contributed by atoms with Crippen molar-refractivity contribution in [2.24, 2.45) is 11.7 Å². The largest absolute Gasteiger partial charge is 0.323 e. The molecule has 1 rings (SSSR count). The minimum absolute atomic E-state index is 0.0415. The monoisotopic (exact) mass is 163 g/mol. The molecule has 4 heteroatoms. The molecule has 0 radical (unpaired) electrons. The molecule has 0 heterocycles. The van der Waals surface area contributed by atoms with E-state index in [1.54, 1.807) is 0 Å². The van der Waals surface area contributed by atoms with Crippen LogP contribution in [0.1, 0.15) is 19.3 Å². The third-order valence-electron chi connectivity index (χ3n) is 1.79. The molecule has 1 unspecified atom stereocenters. The molecule has 2 N–H and O–H groups in total. The maximum Gasteiger partial charge on any atom is 0.253 e. The number of hydrogen-bond donors (Lipinski definition) is 1. The minimum atomic E-state index is -2.57. The lowest BCUT2D eigenvalue weighted by Crippen LogP contribution is -2.31. The van der Waals surface area contributed by atoms with E-state index >= 15 is 0 Å². The highest BCUT2D eigenvalue weighted by Crippen LogP contribution is 2.31. The number of rotatable bonds is 4. The maximum absolute atomic E-state index is 11.8. The second-order valence-corrected chi connectivity index (χ2v) is 2.94. The predicted octanol–water partition coefficient (Wildman–Crippen LogP) is 0.948. The van der Waals surface area contributed by atoms with E-state index in [-0.39, 0.29) is 18.1 Å². The quantitative estimate of drug-likeness (QED) is 0.670. The fourth-order valence-electron chi connectivity index (χ4n) is 0.893. The van der Waals surface area contributed by atoms with E-state index in [4.69, 9.17) is 5.73 Å². The molecule has 0 amide bonds. The lowest BCUT2D eigenvalue weighted by molar-refractivity contribution is -0.121. The number of Topliss-reactive ketones (excluding diaryl/α,β-unsaturated/α-hetero) is 1. The molecule has 0 aromatic rings. The van der Waals surface area contributed by atoms with E-state index in [2.05, 4.69) is 0 Å². The van der Waals surface area contributed by atoms with Crippen LogP contribution >= 0.6 is 0 Å². The lowest BCUT2D eigenvalue weighted by Gasteiger charge is -2.07. The Kier molecular flexibility index (Phi) is 2.54. The smallest absolute Gasteiger partial charge is 0.253 e. The molecule has 0 aromatic carbocycles. The number of hydrogen-bond acceptors (Lipinski definition) is 2. The van der Waals surface area contributed by atoms with Crippen molar-refractivity contribution in [3.63, 3.8) is 0 Å². The molecule has 1 atom stereocenters. The van der Waals surface area contributed by atoms with Gasteiger partial charge in [0.2, 0.25) is 0 Å². The van der Waals surface area contributed by atoms with E-state index < -0.39 is 12.5 Å². The fourth-order valence-corrected chi connectivity index (χ4v) is 0.893. The molecule has 1 fully saturated rings. The summed E-state index contributed by atoms with van der Waals surface area (Å²) in [6.45, 7) is 0. The lowest BCUT2D eigenvalue weighted by atomic mass is 10.1. The highest BCUT2D eigenvalue weighted by molar-refractivity contribution is 5.83. The Bertz CT molecular complexity index is 157. The molecule has 0 saturated heterocycles. The Labute approximate surface area is 63.8 Å². The van der Waals surface area contributed by atoms with Crippen molar-refractivity contribution >= 4 is 5.78 Å². The summed E-state index contributed by atoms with van der Waals surface area (Å²) >= 11 is 0. The van der Waals surface area contributed by atoms with Crippen molar-refractivity contribution < 1.29 is 13.6 Å². The zero-order valence-electron chi connectivity index (χ0n) is 6.09. The number of carbonyl (C=O) groups excluding carboxylic acids is 1. The molecular formula is C7H11F2NO. The van der Waals surface area contributed by atoms with Gasteiger partial charge >= 0.3 is 0 Å². The normalized spacial score (nSPS) is 20.4. The van der Waals surface area contributed by atoms with Gasteiger partial charge in [-0.3, -0.25) is 4.79 Å². The molecule has 1 saturated carbocycles. The van der Waals surface area contributed by atoms with Gasteiger partial charge in [0.15, 0.2) is 0 Å². The first-order chi connectivity index (χ1) is 5.11. The molecule has 0 bridgehead atoms. The summed E-state index contributed by atoms with van der Waals surface area (Å²) in [4.78, 5) is 10.9. The van der Waals surface area contributed by atoms with E-state index in [9.17, 15) is 13.6 Å². The van der Waals surface area contributed by atoms with Crippen LogP contribution in [0.25, 0.3) is 0 Å². The van der Waals surface area contributed by atoms with Crippen LogP contribution in [-0.2, 0) is 4.79 Å². The van der Waals surface area contributed by atoms with Crippen molar-refractivity contribution in [3.8, 4) is 0 Å². The van der Waals surface area contributed by atoms with Gasteiger partial charge < -0.3 is 5.73 Å². The van der Waals surface area contributed by atoms with Crippen molar-refractivity contribution in [2.45, 2.75) is 31.7 Å². The summed E-state index contributed by atoms with van der Waals surface area (Å²) in [5.74, 6) is -0.0578. The van der Waals surface area contributed by atoms with E-state index in [1.165, 1.54) is 0 Å². The van der Waals surface area contributed by atoms with Gasteiger partial charge in [0, 0.05) is 12.3 Å². The molecule has 0 aromatic heterocycles. The summed E-state index contributed by atoms with van der Waals surface area (Å²) in [5.41, 5.74) is 5.01. The van der Waals surface area contributed by atoms with Gasteiger partial charge in [-0.15, -0.1) is 0 Å². The standard InChI is InChI=1S/C7H11F2NO/c8-7(9)5(10)3-6(11)4-1-2-4/h4-5,7H,1-3,10H2. The number of ketones is 1. The van der Waals surface area contributed by atoms with Crippen LogP contribution in [0.4, 0.5) is 8.78 Å². The van der Waals surface area contributed by atoms with Crippen LogP contribution in [0.5, 0.6) is 0 Å². The Morgan fingerprint density at radius 3 is 2.45 bits per heavy atom. The molecule has 11 heavy (non-hydrogen) atoms. The zero-order valence-corrected chi connectivity index (χ0v) is 6.09. The topological polar surface area (TPSA) is 43.1 Å². The zero-order chi connectivity index (χ0) is 8.43. The van der Waals surface area contributed by atoms with Gasteiger partial charge in [-0.1, -0.05) is 0 Å². The molecule has 1 aliphatic carbocycles. The van der Waals surface area contributed by atoms with Crippen LogP contribution in [0.2, 0.25) is 0 Å². The van der Waals surface area contributed by atoms with Crippen LogP contribution in [0, 0.1) is 5.92 Å². The molecule has 0 spiro atoms. The molecule has 1 aliphatic rings.